The third-order valence-corrected chi connectivity index (χ3v) is 3.42. The molecule has 0 radical (unpaired) electrons. The maximum atomic E-state index is 13.7. The Morgan fingerprint density at radius 1 is 1.25 bits per heavy atom. The number of hydrogen-bond acceptors (Lipinski definition) is 2. The number of nitrogens with two attached hydrogens (primary N) is 1. The molecule has 2 rings (SSSR count). The molecule has 0 fully saturated rings. The van der Waals surface area contributed by atoms with E-state index in [1.807, 2.05) is 18.2 Å². The number of primary amides is 1. The highest BCUT2D eigenvalue weighted by molar-refractivity contribution is 9.10. The monoisotopic (exact) mass is 336 g/mol. The van der Waals surface area contributed by atoms with Crippen LogP contribution in [0.4, 0.5) is 4.39 Å². The molecule has 5 heteroatoms. The minimum atomic E-state index is -0.640. The van der Waals surface area contributed by atoms with Crippen molar-refractivity contribution in [2.75, 3.05) is 0 Å². The van der Waals surface area contributed by atoms with E-state index >= 15 is 0 Å². The number of amides is 1. The zero-order chi connectivity index (χ0) is 14.5. The van der Waals surface area contributed by atoms with Crippen LogP contribution in [0.1, 0.15) is 17.2 Å². The molecule has 3 nitrogen and oxygen atoms in total. The molecule has 104 valence electrons. The molecule has 0 aliphatic heterocycles. The zero-order valence-corrected chi connectivity index (χ0v) is 12.2. The highest BCUT2D eigenvalue weighted by Gasteiger charge is 2.17. The van der Waals surface area contributed by atoms with Crippen molar-refractivity contribution in [3.8, 4) is 0 Å². The summed E-state index contributed by atoms with van der Waals surface area (Å²) in [4.78, 5) is 11.5. The van der Waals surface area contributed by atoms with Crippen molar-refractivity contribution >= 4 is 21.8 Å². The number of carbonyl (C=O) groups is 1. The highest BCUT2D eigenvalue weighted by Crippen LogP contribution is 2.17. The first kappa shape index (κ1) is 14.7. The summed E-state index contributed by atoms with van der Waals surface area (Å²) in [6.07, 6.45) is 0. The van der Waals surface area contributed by atoms with Crippen molar-refractivity contribution in [2.24, 2.45) is 5.73 Å². The summed E-state index contributed by atoms with van der Waals surface area (Å²) in [6, 6.07) is 13.3. The van der Waals surface area contributed by atoms with Crippen molar-refractivity contribution in [1.82, 2.24) is 5.32 Å². The van der Waals surface area contributed by atoms with Gasteiger partial charge in [0.15, 0.2) is 0 Å². The third-order valence-electron chi connectivity index (χ3n) is 2.93. The SMILES string of the molecule is NC(=O)C(NCc1ccc(Br)cc1F)c1ccccc1. The lowest BCUT2D eigenvalue weighted by Crippen LogP contribution is -2.33. The van der Waals surface area contributed by atoms with Crippen LogP contribution in [0.25, 0.3) is 0 Å². The van der Waals surface area contributed by atoms with E-state index in [0.29, 0.717) is 10.0 Å². The normalized spacial score (nSPS) is 12.1. The Balaban J connectivity index is 2.12. The molecule has 0 saturated heterocycles. The summed E-state index contributed by atoms with van der Waals surface area (Å²) in [5.74, 6) is -0.822. The van der Waals surface area contributed by atoms with Gasteiger partial charge in [-0.15, -0.1) is 0 Å². The van der Waals surface area contributed by atoms with Gasteiger partial charge >= 0.3 is 0 Å². The van der Waals surface area contributed by atoms with Gasteiger partial charge in [0.05, 0.1) is 0 Å². The molecule has 2 aromatic carbocycles. The highest BCUT2D eigenvalue weighted by atomic mass is 79.9. The quantitative estimate of drug-likeness (QED) is 0.881. The Bertz CT molecular complexity index is 604. The first-order chi connectivity index (χ1) is 9.58. The molecule has 0 heterocycles. The summed E-state index contributed by atoms with van der Waals surface area (Å²) in [5.41, 5.74) is 6.64. The third kappa shape index (κ3) is 3.65. The van der Waals surface area contributed by atoms with Gasteiger partial charge in [-0.3, -0.25) is 10.1 Å². The fourth-order valence-corrected chi connectivity index (χ4v) is 2.24. The van der Waals surface area contributed by atoms with E-state index in [1.54, 1.807) is 24.3 Å². The molecule has 20 heavy (non-hydrogen) atoms. The Kier molecular flexibility index (Phi) is 4.87. The number of nitrogens with one attached hydrogen (secondary N) is 1. The van der Waals surface area contributed by atoms with Crippen LogP contribution in [0.15, 0.2) is 53.0 Å². The summed E-state index contributed by atoms with van der Waals surface area (Å²) < 4.78 is 14.4. The van der Waals surface area contributed by atoms with Crippen LogP contribution in [0.3, 0.4) is 0 Å². The van der Waals surface area contributed by atoms with Crippen LogP contribution in [-0.2, 0) is 11.3 Å². The van der Waals surface area contributed by atoms with Gasteiger partial charge in [-0.05, 0) is 17.7 Å². The summed E-state index contributed by atoms with van der Waals surface area (Å²) >= 11 is 3.20. The molecule has 3 N–H and O–H groups in total. The van der Waals surface area contributed by atoms with E-state index in [-0.39, 0.29) is 12.4 Å². The average molecular weight is 337 g/mol. The summed E-state index contributed by atoms with van der Waals surface area (Å²) in [6.45, 7) is 0.224. The van der Waals surface area contributed by atoms with Crippen LogP contribution in [0.5, 0.6) is 0 Å². The minimum absolute atomic E-state index is 0.224. The van der Waals surface area contributed by atoms with E-state index in [2.05, 4.69) is 21.2 Å². The largest absolute Gasteiger partial charge is 0.368 e. The molecule has 2 aromatic rings. The molecule has 1 atom stereocenters. The van der Waals surface area contributed by atoms with Gasteiger partial charge in [0.1, 0.15) is 11.9 Å². The first-order valence-corrected chi connectivity index (χ1v) is 6.89. The Morgan fingerprint density at radius 2 is 1.95 bits per heavy atom. The Labute approximate surface area is 125 Å². The molecule has 0 aromatic heterocycles. The van der Waals surface area contributed by atoms with Crippen LogP contribution in [0.2, 0.25) is 0 Å². The molecule has 0 aliphatic rings. The Hall–Kier alpha value is -1.72. The van der Waals surface area contributed by atoms with Gasteiger partial charge < -0.3 is 5.73 Å². The van der Waals surface area contributed by atoms with Gasteiger partial charge in [-0.2, -0.15) is 0 Å². The lowest BCUT2D eigenvalue weighted by molar-refractivity contribution is -0.120. The molecular formula is C15H14BrFN2O. The maximum Gasteiger partial charge on any atom is 0.239 e. The van der Waals surface area contributed by atoms with E-state index in [1.165, 1.54) is 6.07 Å². The van der Waals surface area contributed by atoms with E-state index in [0.717, 1.165) is 5.56 Å². The van der Waals surface area contributed by atoms with Gasteiger partial charge in [-0.1, -0.05) is 52.3 Å². The standard InChI is InChI=1S/C15H14BrFN2O/c16-12-7-6-11(13(17)8-12)9-19-14(15(18)20)10-4-2-1-3-5-10/h1-8,14,19H,9H2,(H2,18,20). The molecule has 0 aliphatic carbocycles. The van der Waals surface area contributed by atoms with Crippen molar-refractivity contribution in [3.63, 3.8) is 0 Å². The van der Waals surface area contributed by atoms with Crippen LogP contribution in [0, 0.1) is 5.82 Å². The lowest BCUT2D eigenvalue weighted by atomic mass is 10.1. The number of rotatable bonds is 5. The summed E-state index contributed by atoms with van der Waals surface area (Å²) in [7, 11) is 0. The number of benzene rings is 2. The van der Waals surface area contributed by atoms with Gasteiger partial charge in [0.2, 0.25) is 5.91 Å². The van der Waals surface area contributed by atoms with Crippen molar-refractivity contribution in [1.29, 1.82) is 0 Å². The predicted molar refractivity (Wildman–Crippen MR) is 79.3 cm³/mol. The van der Waals surface area contributed by atoms with Crippen LogP contribution in [-0.4, -0.2) is 5.91 Å². The van der Waals surface area contributed by atoms with Crippen LogP contribution >= 0.6 is 15.9 Å². The second kappa shape index (κ2) is 6.63. The summed E-state index contributed by atoms with van der Waals surface area (Å²) in [5, 5.41) is 2.98. The molecule has 1 unspecified atom stereocenters. The molecule has 1 amide bonds. The predicted octanol–water partition coefficient (Wildman–Crippen LogP) is 2.90. The fraction of sp³-hybridized carbons (Fsp3) is 0.133. The second-order valence-corrected chi connectivity index (χ2v) is 5.28. The Morgan fingerprint density at radius 3 is 2.55 bits per heavy atom. The van der Waals surface area contributed by atoms with E-state index in [9.17, 15) is 9.18 Å². The lowest BCUT2D eigenvalue weighted by Gasteiger charge is -2.16. The van der Waals surface area contributed by atoms with Crippen molar-refractivity contribution in [2.45, 2.75) is 12.6 Å². The van der Waals surface area contributed by atoms with Gasteiger partial charge in [0.25, 0.3) is 0 Å². The van der Waals surface area contributed by atoms with Crippen molar-refractivity contribution in [3.05, 3.63) is 69.9 Å². The first-order valence-electron chi connectivity index (χ1n) is 6.09. The average Bonchev–Trinajstić information content (AvgIpc) is 2.42. The second-order valence-electron chi connectivity index (χ2n) is 4.36. The van der Waals surface area contributed by atoms with Crippen molar-refractivity contribution < 1.29 is 9.18 Å². The molecule has 0 bridgehead atoms. The fourth-order valence-electron chi connectivity index (χ4n) is 1.91. The molecule has 0 spiro atoms. The molecular weight excluding hydrogens is 323 g/mol. The number of carbonyl (C=O) groups excluding carboxylic acids is 1. The minimum Gasteiger partial charge on any atom is -0.368 e. The number of hydrogen-bond donors (Lipinski definition) is 2. The van der Waals surface area contributed by atoms with Crippen LogP contribution < -0.4 is 11.1 Å². The zero-order valence-electron chi connectivity index (χ0n) is 10.6. The molecule has 0 saturated carbocycles. The smallest absolute Gasteiger partial charge is 0.239 e. The van der Waals surface area contributed by atoms with E-state index in [4.69, 9.17) is 5.73 Å². The van der Waals surface area contributed by atoms with E-state index < -0.39 is 11.9 Å². The maximum absolute atomic E-state index is 13.7. The number of halogens is 2. The topological polar surface area (TPSA) is 55.1 Å². The van der Waals surface area contributed by atoms with Gasteiger partial charge in [-0.25, -0.2) is 4.39 Å². The van der Waals surface area contributed by atoms with Gasteiger partial charge in [0, 0.05) is 16.6 Å².